The summed E-state index contributed by atoms with van der Waals surface area (Å²) in [4.78, 5) is 4.21. The predicted molar refractivity (Wildman–Crippen MR) is 70.9 cm³/mol. The number of nitrogens with one attached hydrogen (secondary N) is 2. The predicted octanol–water partition coefficient (Wildman–Crippen LogP) is 1.40. The maximum atomic E-state index is 13.3. The summed E-state index contributed by atoms with van der Waals surface area (Å²) in [6.45, 7) is 2.91. The van der Waals surface area contributed by atoms with E-state index in [0.717, 1.165) is 6.42 Å². The number of halogens is 1. The van der Waals surface area contributed by atoms with Crippen LogP contribution < -0.4 is 16.6 Å². The number of anilines is 1. The average Bonchev–Trinajstić information content (AvgIpc) is 2.38. The van der Waals surface area contributed by atoms with Crippen molar-refractivity contribution in [3.8, 4) is 0 Å². The highest BCUT2D eigenvalue weighted by atomic mass is 19.1. The molecule has 0 atom stereocenters. The minimum Gasteiger partial charge on any atom is -0.385 e. The number of methoxy groups -OCH3 is 1. The van der Waals surface area contributed by atoms with Gasteiger partial charge in [-0.3, -0.25) is 10.4 Å². The van der Waals surface area contributed by atoms with E-state index >= 15 is 0 Å². The third kappa shape index (κ3) is 4.31. The number of ether oxygens (including phenoxy) is 1. The van der Waals surface area contributed by atoms with Gasteiger partial charge in [-0.15, -0.1) is 0 Å². The van der Waals surface area contributed by atoms with Gasteiger partial charge in [-0.05, 0) is 25.5 Å². The van der Waals surface area contributed by atoms with Gasteiger partial charge in [-0.1, -0.05) is 6.07 Å². The fraction of sp³-hybridized carbons (Fsp3) is 0.417. The van der Waals surface area contributed by atoms with Gasteiger partial charge < -0.3 is 10.1 Å². The molecule has 0 heterocycles. The molecule has 0 saturated heterocycles. The van der Waals surface area contributed by atoms with E-state index in [1.807, 2.05) is 0 Å². The zero-order chi connectivity index (χ0) is 13.4. The summed E-state index contributed by atoms with van der Waals surface area (Å²) < 4.78 is 18.3. The number of guanidine groups is 1. The van der Waals surface area contributed by atoms with Gasteiger partial charge in [0.25, 0.3) is 0 Å². The third-order valence-electron chi connectivity index (χ3n) is 2.43. The average molecular weight is 254 g/mol. The largest absolute Gasteiger partial charge is 0.385 e. The van der Waals surface area contributed by atoms with Crippen molar-refractivity contribution in [2.45, 2.75) is 13.3 Å². The normalized spacial score (nSPS) is 11.4. The molecule has 18 heavy (non-hydrogen) atoms. The van der Waals surface area contributed by atoms with Crippen LogP contribution in [0.3, 0.4) is 0 Å². The standard InChI is InChI=1S/C12H19FN4O/c1-9-10(13)5-3-6-11(9)16-12(17-14)15-7-4-8-18-2/h3,5-6H,4,7-8,14H2,1-2H3,(H2,15,16,17). The van der Waals surface area contributed by atoms with Gasteiger partial charge in [0.05, 0.1) is 0 Å². The molecule has 0 aliphatic carbocycles. The van der Waals surface area contributed by atoms with E-state index in [2.05, 4.69) is 15.7 Å². The molecule has 6 heteroatoms. The highest BCUT2D eigenvalue weighted by Crippen LogP contribution is 2.16. The molecule has 0 aliphatic heterocycles. The number of benzene rings is 1. The summed E-state index contributed by atoms with van der Waals surface area (Å²) in [5.74, 6) is 5.49. The SMILES string of the molecule is COCCCN=C(NN)Nc1cccc(F)c1C. The van der Waals surface area contributed by atoms with Crippen LogP contribution in [0.2, 0.25) is 0 Å². The molecular weight excluding hydrogens is 235 g/mol. The van der Waals surface area contributed by atoms with Crippen molar-refractivity contribution in [2.75, 3.05) is 25.6 Å². The number of hydrogen-bond donors (Lipinski definition) is 3. The number of nitrogens with two attached hydrogens (primary N) is 1. The minimum absolute atomic E-state index is 0.268. The number of aliphatic imine (C=N–C) groups is 1. The second-order valence-corrected chi connectivity index (χ2v) is 3.76. The van der Waals surface area contributed by atoms with Crippen molar-refractivity contribution in [2.24, 2.45) is 10.8 Å². The quantitative estimate of drug-likeness (QED) is 0.244. The molecule has 0 aromatic heterocycles. The Kier molecular flexibility index (Phi) is 6.10. The summed E-state index contributed by atoms with van der Waals surface area (Å²) >= 11 is 0. The first kappa shape index (κ1) is 14.4. The molecule has 5 nitrogen and oxygen atoms in total. The van der Waals surface area contributed by atoms with E-state index in [0.29, 0.717) is 30.4 Å². The molecule has 0 unspecified atom stereocenters. The van der Waals surface area contributed by atoms with Crippen LogP contribution in [0.25, 0.3) is 0 Å². The third-order valence-corrected chi connectivity index (χ3v) is 2.43. The summed E-state index contributed by atoms with van der Waals surface area (Å²) in [6, 6.07) is 4.80. The molecule has 100 valence electrons. The molecular formula is C12H19FN4O. The van der Waals surface area contributed by atoms with E-state index in [1.54, 1.807) is 26.2 Å². The van der Waals surface area contributed by atoms with E-state index in [1.165, 1.54) is 6.07 Å². The monoisotopic (exact) mass is 254 g/mol. The molecule has 0 spiro atoms. The molecule has 0 fully saturated rings. The van der Waals surface area contributed by atoms with Crippen LogP contribution in [-0.2, 0) is 4.74 Å². The first-order valence-corrected chi connectivity index (χ1v) is 5.71. The van der Waals surface area contributed by atoms with Gasteiger partial charge in [-0.2, -0.15) is 0 Å². The zero-order valence-electron chi connectivity index (χ0n) is 10.7. The Labute approximate surface area is 106 Å². The second kappa shape index (κ2) is 7.62. The van der Waals surface area contributed by atoms with Crippen molar-refractivity contribution >= 4 is 11.6 Å². The Morgan fingerprint density at radius 2 is 2.28 bits per heavy atom. The Balaban J connectivity index is 2.65. The lowest BCUT2D eigenvalue weighted by Crippen LogP contribution is -2.36. The Morgan fingerprint density at radius 1 is 1.50 bits per heavy atom. The van der Waals surface area contributed by atoms with Gasteiger partial charge in [0.15, 0.2) is 0 Å². The lowest BCUT2D eigenvalue weighted by molar-refractivity contribution is 0.197. The van der Waals surface area contributed by atoms with Crippen molar-refractivity contribution in [3.05, 3.63) is 29.6 Å². The van der Waals surface area contributed by atoms with Crippen molar-refractivity contribution < 1.29 is 9.13 Å². The molecule has 0 saturated carbocycles. The van der Waals surface area contributed by atoms with Crippen molar-refractivity contribution in [1.82, 2.24) is 5.43 Å². The second-order valence-electron chi connectivity index (χ2n) is 3.76. The van der Waals surface area contributed by atoms with Crippen molar-refractivity contribution in [1.29, 1.82) is 0 Å². The number of rotatable bonds is 5. The number of hydrazine groups is 1. The maximum absolute atomic E-state index is 13.3. The lowest BCUT2D eigenvalue weighted by atomic mass is 10.2. The first-order valence-electron chi connectivity index (χ1n) is 5.71. The van der Waals surface area contributed by atoms with Crippen LogP contribution in [0.15, 0.2) is 23.2 Å². The Morgan fingerprint density at radius 3 is 2.94 bits per heavy atom. The van der Waals surface area contributed by atoms with E-state index in [-0.39, 0.29) is 5.82 Å². The summed E-state index contributed by atoms with van der Waals surface area (Å²) in [6.07, 6.45) is 0.797. The smallest absolute Gasteiger partial charge is 0.210 e. The van der Waals surface area contributed by atoms with E-state index in [4.69, 9.17) is 10.6 Å². The van der Waals surface area contributed by atoms with Gasteiger partial charge in [0, 0.05) is 31.5 Å². The molecule has 0 aliphatic rings. The Hall–Kier alpha value is -1.66. The van der Waals surface area contributed by atoms with E-state index in [9.17, 15) is 4.39 Å². The topological polar surface area (TPSA) is 71.7 Å². The fourth-order valence-corrected chi connectivity index (χ4v) is 1.39. The molecule has 1 aromatic carbocycles. The van der Waals surface area contributed by atoms with Crippen LogP contribution >= 0.6 is 0 Å². The molecule has 4 N–H and O–H groups in total. The molecule has 1 rings (SSSR count). The highest BCUT2D eigenvalue weighted by molar-refractivity contribution is 5.93. The van der Waals surface area contributed by atoms with Gasteiger partial charge >= 0.3 is 0 Å². The summed E-state index contributed by atoms with van der Waals surface area (Å²) in [5.41, 5.74) is 3.61. The van der Waals surface area contributed by atoms with E-state index < -0.39 is 0 Å². The number of nitrogens with zero attached hydrogens (tertiary/aromatic N) is 1. The molecule has 1 aromatic rings. The van der Waals surface area contributed by atoms with Gasteiger partial charge in [0.2, 0.25) is 5.96 Å². The summed E-state index contributed by atoms with van der Waals surface area (Å²) in [7, 11) is 1.64. The van der Waals surface area contributed by atoms with Crippen LogP contribution in [0.1, 0.15) is 12.0 Å². The number of hydrogen-bond acceptors (Lipinski definition) is 3. The minimum atomic E-state index is -0.268. The van der Waals surface area contributed by atoms with Crippen LogP contribution in [0, 0.1) is 12.7 Å². The fourth-order valence-electron chi connectivity index (χ4n) is 1.39. The van der Waals surface area contributed by atoms with Crippen LogP contribution in [0.5, 0.6) is 0 Å². The first-order chi connectivity index (χ1) is 8.69. The summed E-state index contributed by atoms with van der Waals surface area (Å²) in [5, 5.41) is 2.95. The van der Waals surface area contributed by atoms with Crippen LogP contribution in [-0.4, -0.2) is 26.2 Å². The maximum Gasteiger partial charge on any atom is 0.210 e. The van der Waals surface area contributed by atoms with Gasteiger partial charge in [-0.25, -0.2) is 10.2 Å². The Bertz CT molecular complexity index is 409. The van der Waals surface area contributed by atoms with Crippen molar-refractivity contribution in [3.63, 3.8) is 0 Å². The van der Waals surface area contributed by atoms with Gasteiger partial charge in [0.1, 0.15) is 5.82 Å². The zero-order valence-corrected chi connectivity index (χ0v) is 10.7. The molecule has 0 radical (unpaired) electrons. The lowest BCUT2D eigenvalue weighted by Gasteiger charge is -2.11. The van der Waals surface area contributed by atoms with Crippen LogP contribution in [0.4, 0.5) is 10.1 Å². The highest BCUT2D eigenvalue weighted by Gasteiger charge is 2.04. The molecule has 0 bridgehead atoms. The molecule has 0 amide bonds.